The predicted octanol–water partition coefficient (Wildman–Crippen LogP) is 1.66. The van der Waals surface area contributed by atoms with Gasteiger partial charge in [0, 0.05) is 12.8 Å². The van der Waals surface area contributed by atoms with Crippen molar-refractivity contribution in [3.63, 3.8) is 0 Å². The molecule has 0 aliphatic carbocycles. The summed E-state index contributed by atoms with van der Waals surface area (Å²) in [5.74, 6) is -1.70. The molecule has 0 aliphatic heterocycles. The van der Waals surface area contributed by atoms with E-state index in [1.54, 1.807) is 13.0 Å². The van der Waals surface area contributed by atoms with Gasteiger partial charge >= 0.3 is 11.9 Å². The van der Waals surface area contributed by atoms with Crippen LogP contribution < -0.4 is 0 Å². The Balaban J connectivity index is 3.78. The monoisotopic (exact) mass is 186 g/mol. The van der Waals surface area contributed by atoms with E-state index in [0.717, 1.165) is 5.57 Å². The average molecular weight is 186 g/mol. The van der Waals surface area contributed by atoms with Gasteiger partial charge in [-0.25, -0.2) is 0 Å². The first-order valence-electron chi connectivity index (χ1n) is 4.14. The van der Waals surface area contributed by atoms with Crippen LogP contribution in [0.1, 0.15) is 32.6 Å². The molecule has 0 unspecified atom stereocenters. The third-order valence-corrected chi connectivity index (χ3v) is 1.73. The number of carbonyl (C=O) groups is 2. The Hall–Kier alpha value is -1.32. The molecule has 0 radical (unpaired) electrons. The van der Waals surface area contributed by atoms with Crippen LogP contribution in [0.15, 0.2) is 11.6 Å². The third kappa shape index (κ3) is 7.05. The van der Waals surface area contributed by atoms with Crippen LogP contribution in [0.5, 0.6) is 0 Å². The van der Waals surface area contributed by atoms with Gasteiger partial charge in [-0.05, 0) is 19.8 Å². The maximum Gasteiger partial charge on any atom is 0.303 e. The molecule has 0 aromatic heterocycles. The average Bonchev–Trinajstić information content (AvgIpc) is 2.04. The fraction of sp³-hybridized carbons (Fsp3) is 0.556. The number of carboxylic acids is 2. The minimum atomic E-state index is -0.852. The summed E-state index contributed by atoms with van der Waals surface area (Å²) < 4.78 is 0. The molecule has 0 aliphatic rings. The minimum Gasteiger partial charge on any atom is -0.481 e. The van der Waals surface area contributed by atoms with Crippen LogP contribution in [0.25, 0.3) is 0 Å². The molecule has 0 bridgehead atoms. The first-order valence-corrected chi connectivity index (χ1v) is 4.14. The van der Waals surface area contributed by atoms with Crippen molar-refractivity contribution in [3.05, 3.63) is 11.6 Å². The van der Waals surface area contributed by atoms with E-state index in [2.05, 4.69) is 0 Å². The van der Waals surface area contributed by atoms with Gasteiger partial charge in [-0.2, -0.15) is 0 Å². The Morgan fingerprint density at radius 2 is 1.38 bits per heavy atom. The number of rotatable bonds is 6. The van der Waals surface area contributed by atoms with Crippen LogP contribution in [0.2, 0.25) is 0 Å². The lowest BCUT2D eigenvalue weighted by atomic mass is 10.0. The van der Waals surface area contributed by atoms with Crippen molar-refractivity contribution < 1.29 is 19.8 Å². The van der Waals surface area contributed by atoms with Crippen LogP contribution >= 0.6 is 0 Å². The fourth-order valence-corrected chi connectivity index (χ4v) is 0.949. The van der Waals surface area contributed by atoms with E-state index in [9.17, 15) is 9.59 Å². The maximum absolute atomic E-state index is 10.2. The Kier molecular flexibility index (Phi) is 5.59. The highest BCUT2D eigenvalue weighted by Crippen LogP contribution is 2.11. The Bertz CT molecular complexity index is 198. The zero-order valence-corrected chi connectivity index (χ0v) is 7.62. The molecule has 0 aromatic carbocycles. The summed E-state index contributed by atoms with van der Waals surface area (Å²) >= 11 is 0. The normalized spacial score (nSPS) is 9.31. The van der Waals surface area contributed by atoms with Gasteiger partial charge in [0.2, 0.25) is 0 Å². The Labute approximate surface area is 76.9 Å². The molecule has 74 valence electrons. The summed E-state index contributed by atoms with van der Waals surface area (Å²) in [6, 6.07) is 0. The molecule has 0 aromatic rings. The van der Waals surface area contributed by atoms with E-state index >= 15 is 0 Å². The lowest BCUT2D eigenvalue weighted by molar-refractivity contribution is -0.137. The molecule has 4 heteroatoms. The smallest absolute Gasteiger partial charge is 0.303 e. The van der Waals surface area contributed by atoms with Gasteiger partial charge in [0.05, 0.1) is 0 Å². The first-order chi connectivity index (χ1) is 6.06. The molecular weight excluding hydrogens is 172 g/mol. The molecule has 0 amide bonds. The van der Waals surface area contributed by atoms with Crippen molar-refractivity contribution >= 4 is 11.9 Å². The number of hydrogen-bond donors (Lipinski definition) is 2. The van der Waals surface area contributed by atoms with Gasteiger partial charge in [-0.15, -0.1) is 0 Å². The summed E-state index contributed by atoms with van der Waals surface area (Å²) in [7, 11) is 0. The SMILES string of the molecule is CC=C(CCC(=O)O)CCC(=O)O. The van der Waals surface area contributed by atoms with E-state index in [4.69, 9.17) is 10.2 Å². The molecule has 4 nitrogen and oxygen atoms in total. The summed E-state index contributed by atoms with van der Waals surface area (Å²) in [6.45, 7) is 1.79. The van der Waals surface area contributed by atoms with E-state index in [-0.39, 0.29) is 12.8 Å². The quantitative estimate of drug-likeness (QED) is 0.618. The van der Waals surface area contributed by atoms with E-state index in [1.165, 1.54) is 0 Å². The number of allylic oxidation sites excluding steroid dienone is 2. The van der Waals surface area contributed by atoms with Crippen LogP contribution in [0, 0.1) is 0 Å². The van der Waals surface area contributed by atoms with Gasteiger partial charge < -0.3 is 10.2 Å². The highest BCUT2D eigenvalue weighted by Gasteiger charge is 2.03. The van der Waals surface area contributed by atoms with Gasteiger partial charge in [0.15, 0.2) is 0 Å². The highest BCUT2D eigenvalue weighted by atomic mass is 16.4. The minimum absolute atomic E-state index is 0.0687. The molecule has 0 fully saturated rings. The van der Waals surface area contributed by atoms with Crippen LogP contribution in [-0.4, -0.2) is 22.2 Å². The lowest BCUT2D eigenvalue weighted by Gasteiger charge is -2.02. The zero-order chi connectivity index (χ0) is 10.3. The van der Waals surface area contributed by atoms with Gasteiger partial charge in [-0.1, -0.05) is 11.6 Å². The van der Waals surface area contributed by atoms with Crippen LogP contribution in [0.4, 0.5) is 0 Å². The van der Waals surface area contributed by atoms with Crippen LogP contribution in [0.3, 0.4) is 0 Å². The van der Waals surface area contributed by atoms with E-state index in [1.807, 2.05) is 0 Å². The van der Waals surface area contributed by atoms with Gasteiger partial charge in [-0.3, -0.25) is 9.59 Å². The second-order valence-electron chi connectivity index (χ2n) is 2.73. The Morgan fingerprint density at radius 1 is 1.00 bits per heavy atom. The maximum atomic E-state index is 10.2. The third-order valence-electron chi connectivity index (χ3n) is 1.73. The van der Waals surface area contributed by atoms with Crippen molar-refractivity contribution in [2.75, 3.05) is 0 Å². The van der Waals surface area contributed by atoms with Crippen molar-refractivity contribution in [1.82, 2.24) is 0 Å². The first kappa shape index (κ1) is 11.7. The largest absolute Gasteiger partial charge is 0.481 e. The second kappa shape index (κ2) is 6.22. The van der Waals surface area contributed by atoms with Gasteiger partial charge in [0.25, 0.3) is 0 Å². The molecule has 0 atom stereocenters. The fourth-order valence-electron chi connectivity index (χ4n) is 0.949. The molecule has 13 heavy (non-hydrogen) atoms. The summed E-state index contributed by atoms with van der Waals surface area (Å²) in [6.07, 6.45) is 2.81. The number of hydrogen-bond acceptors (Lipinski definition) is 2. The summed E-state index contributed by atoms with van der Waals surface area (Å²) in [4.78, 5) is 20.4. The predicted molar refractivity (Wildman–Crippen MR) is 47.5 cm³/mol. The van der Waals surface area contributed by atoms with E-state index < -0.39 is 11.9 Å². The van der Waals surface area contributed by atoms with Gasteiger partial charge in [0.1, 0.15) is 0 Å². The van der Waals surface area contributed by atoms with Crippen molar-refractivity contribution in [2.45, 2.75) is 32.6 Å². The second-order valence-corrected chi connectivity index (χ2v) is 2.73. The molecular formula is C9H14O4. The Morgan fingerprint density at radius 3 is 1.62 bits per heavy atom. The van der Waals surface area contributed by atoms with Crippen molar-refractivity contribution in [1.29, 1.82) is 0 Å². The van der Waals surface area contributed by atoms with Crippen molar-refractivity contribution in [3.8, 4) is 0 Å². The molecule has 0 saturated heterocycles. The number of carboxylic acid groups (broad SMARTS) is 2. The molecule has 0 rings (SSSR count). The molecule has 0 saturated carbocycles. The zero-order valence-electron chi connectivity index (χ0n) is 7.62. The van der Waals surface area contributed by atoms with E-state index in [0.29, 0.717) is 12.8 Å². The summed E-state index contributed by atoms with van der Waals surface area (Å²) in [5.41, 5.74) is 0.893. The highest BCUT2D eigenvalue weighted by molar-refractivity contribution is 5.68. The number of aliphatic carboxylic acids is 2. The molecule has 0 spiro atoms. The topological polar surface area (TPSA) is 74.6 Å². The van der Waals surface area contributed by atoms with Crippen LogP contribution in [-0.2, 0) is 9.59 Å². The summed E-state index contributed by atoms with van der Waals surface area (Å²) in [5, 5.41) is 16.8. The standard InChI is InChI=1S/C9H14O4/c1-2-7(3-5-8(10)11)4-6-9(12)13/h2H,3-6H2,1H3,(H,10,11)(H,12,13). The molecule has 2 N–H and O–H groups in total. The lowest BCUT2D eigenvalue weighted by Crippen LogP contribution is -1.99. The van der Waals surface area contributed by atoms with Crippen molar-refractivity contribution in [2.24, 2.45) is 0 Å². The molecule has 0 heterocycles.